The van der Waals surface area contributed by atoms with Gasteiger partial charge in [-0.2, -0.15) is 5.26 Å². The standard InChI is InChI=1S/C18H17NO2/c1-13-10-18(21-3)9-6-15(13)11-16(12-19)14-4-7-17(20-2)8-5-14/h4-11H,1-3H3/b16-11+. The minimum atomic E-state index is 0.617. The SMILES string of the molecule is COc1ccc(/C(C#N)=C/c2ccc(OC)cc2C)cc1. The molecule has 0 aliphatic heterocycles. The van der Waals surface area contributed by atoms with Crippen LogP contribution in [0.25, 0.3) is 11.6 Å². The zero-order valence-corrected chi connectivity index (χ0v) is 12.4. The average molecular weight is 279 g/mol. The molecular formula is C18H17NO2. The molecule has 21 heavy (non-hydrogen) atoms. The second-order valence-electron chi connectivity index (χ2n) is 4.62. The Hall–Kier alpha value is -2.73. The molecule has 0 aliphatic rings. The van der Waals surface area contributed by atoms with Crippen LogP contribution in [0, 0.1) is 18.3 Å². The topological polar surface area (TPSA) is 42.2 Å². The van der Waals surface area contributed by atoms with E-state index in [9.17, 15) is 5.26 Å². The molecule has 3 heteroatoms. The molecule has 0 aliphatic carbocycles. The summed E-state index contributed by atoms with van der Waals surface area (Å²) in [6.07, 6.45) is 1.89. The predicted octanol–water partition coefficient (Wildman–Crippen LogP) is 4.08. The van der Waals surface area contributed by atoms with E-state index in [0.717, 1.165) is 28.2 Å². The third-order valence-corrected chi connectivity index (χ3v) is 3.30. The highest BCUT2D eigenvalue weighted by molar-refractivity contribution is 5.90. The van der Waals surface area contributed by atoms with E-state index in [2.05, 4.69) is 6.07 Å². The number of aryl methyl sites for hydroxylation is 1. The molecule has 0 radical (unpaired) electrons. The third kappa shape index (κ3) is 3.43. The Labute approximate surface area is 125 Å². The molecule has 2 aromatic rings. The van der Waals surface area contributed by atoms with Crippen molar-refractivity contribution in [3.05, 3.63) is 59.2 Å². The van der Waals surface area contributed by atoms with E-state index >= 15 is 0 Å². The molecule has 0 amide bonds. The van der Waals surface area contributed by atoms with Crippen molar-refractivity contribution in [3.63, 3.8) is 0 Å². The molecule has 0 spiro atoms. The lowest BCUT2D eigenvalue weighted by Gasteiger charge is -2.06. The summed E-state index contributed by atoms with van der Waals surface area (Å²) in [7, 11) is 3.26. The largest absolute Gasteiger partial charge is 0.497 e. The number of ether oxygens (including phenoxy) is 2. The maximum atomic E-state index is 9.38. The molecule has 2 aromatic carbocycles. The summed E-state index contributed by atoms with van der Waals surface area (Å²) in [5, 5.41) is 9.38. The Morgan fingerprint density at radius 3 is 2.14 bits per heavy atom. The van der Waals surface area contributed by atoms with E-state index in [1.165, 1.54) is 0 Å². The van der Waals surface area contributed by atoms with Crippen molar-refractivity contribution in [2.24, 2.45) is 0 Å². The van der Waals surface area contributed by atoms with Crippen LogP contribution >= 0.6 is 0 Å². The summed E-state index contributed by atoms with van der Waals surface area (Å²) in [6, 6.07) is 15.5. The third-order valence-electron chi connectivity index (χ3n) is 3.30. The fraction of sp³-hybridized carbons (Fsp3) is 0.167. The number of nitrogens with zero attached hydrogens (tertiary/aromatic N) is 1. The Morgan fingerprint density at radius 2 is 1.62 bits per heavy atom. The van der Waals surface area contributed by atoms with Crippen LogP contribution in [-0.4, -0.2) is 14.2 Å². The van der Waals surface area contributed by atoms with Crippen molar-refractivity contribution in [2.75, 3.05) is 14.2 Å². The van der Waals surface area contributed by atoms with E-state index in [1.807, 2.05) is 55.5 Å². The highest BCUT2D eigenvalue weighted by Crippen LogP contribution is 2.24. The quantitative estimate of drug-likeness (QED) is 0.625. The summed E-state index contributed by atoms with van der Waals surface area (Å²) in [5.74, 6) is 1.59. The van der Waals surface area contributed by atoms with Gasteiger partial charge >= 0.3 is 0 Å². The molecule has 0 fully saturated rings. The first-order chi connectivity index (χ1) is 10.2. The first-order valence-electron chi connectivity index (χ1n) is 6.59. The van der Waals surface area contributed by atoms with E-state index in [1.54, 1.807) is 14.2 Å². The van der Waals surface area contributed by atoms with Crippen LogP contribution < -0.4 is 9.47 Å². The number of hydrogen-bond donors (Lipinski definition) is 0. The fourth-order valence-corrected chi connectivity index (χ4v) is 2.04. The van der Waals surface area contributed by atoms with Crippen molar-refractivity contribution in [1.82, 2.24) is 0 Å². The highest BCUT2D eigenvalue weighted by Gasteiger charge is 2.04. The summed E-state index contributed by atoms with van der Waals surface area (Å²) in [5.41, 5.74) is 3.55. The van der Waals surface area contributed by atoms with E-state index in [4.69, 9.17) is 9.47 Å². The van der Waals surface area contributed by atoms with Crippen molar-refractivity contribution in [1.29, 1.82) is 5.26 Å². The number of nitriles is 1. The lowest BCUT2D eigenvalue weighted by atomic mass is 10.0. The molecule has 0 saturated heterocycles. The van der Waals surface area contributed by atoms with Gasteiger partial charge in [-0.15, -0.1) is 0 Å². The Bertz CT molecular complexity index is 694. The van der Waals surface area contributed by atoms with Crippen LogP contribution in [0.1, 0.15) is 16.7 Å². The molecule has 3 nitrogen and oxygen atoms in total. The van der Waals surface area contributed by atoms with E-state index in [0.29, 0.717) is 5.57 Å². The van der Waals surface area contributed by atoms with Crippen molar-refractivity contribution in [3.8, 4) is 17.6 Å². The monoisotopic (exact) mass is 279 g/mol. The van der Waals surface area contributed by atoms with Crippen molar-refractivity contribution < 1.29 is 9.47 Å². The van der Waals surface area contributed by atoms with Gasteiger partial charge in [-0.05, 0) is 66.1 Å². The summed E-state index contributed by atoms with van der Waals surface area (Å²) in [4.78, 5) is 0. The van der Waals surface area contributed by atoms with Crippen LogP contribution in [-0.2, 0) is 0 Å². The normalized spacial score (nSPS) is 10.9. The van der Waals surface area contributed by atoms with Crippen LogP contribution in [0.4, 0.5) is 0 Å². The van der Waals surface area contributed by atoms with Gasteiger partial charge in [0.25, 0.3) is 0 Å². The highest BCUT2D eigenvalue weighted by atomic mass is 16.5. The molecule has 0 N–H and O–H groups in total. The number of rotatable bonds is 4. The Balaban J connectivity index is 2.38. The van der Waals surface area contributed by atoms with Gasteiger partial charge in [0.2, 0.25) is 0 Å². The minimum Gasteiger partial charge on any atom is -0.497 e. The molecule has 0 unspecified atom stereocenters. The second-order valence-corrected chi connectivity index (χ2v) is 4.62. The van der Waals surface area contributed by atoms with Gasteiger partial charge in [0.1, 0.15) is 11.5 Å². The molecule has 106 valence electrons. The van der Waals surface area contributed by atoms with Crippen LogP contribution in [0.2, 0.25) is 0 Å². The molecule has 0 saturated carbocycles. The van der Waals surface area contributed by atoms with Crippen molar-refractivity contribution in [2.45, 2.75) is 6.92 Å². The van der Waals surface area contributed by atoms with Gasteiger partial charge < -0.3 is 9.47 Å². The molecule has 0 heterocycles. The second kappa shape index (κ2) is 6.62. The first kappa shape index (κ1) is 14.7. The maximum absolute atomic E-state index is 9.38. The Kier molecular flexibility index (Phi) is 4.63. The fourth-order valence-electron chi connectivity index (χ4n) is 2.04. The van der Waals surface area contributed by atoms with Crippen LogP contribution in [0.5, 0.6) is 11.5 Å². The number of methoxy groups -OCH3 is 2. The van der Waals surface area contributed by atoms with Gasteiger partial charge in [0.05, 0.1) is 25.9 Å². The smallest absolute Gasteiger partial charge is 0.119 e. The van der Waals surface area contributed by atoms with Gasteiger partial charge in [0, 0.05) is 0 Å². The molecule has 0 aromatic heterocycles. The Morgan fingerprint density at radius 1 is 1.00 bits per heavy atom. The first-order valence-corrected chi connectivity index (χ1v) is 6.59. The predicted molar refractivity (Wildman–Crippen MR) is 84.2 cm³/mol. The summed E-state index contributed by atoms with van der Waals surface area (Å²) < 4.78 is 10.3. The van der Waals surface area contributed by atoms with Crippen molar-refractivity contribution >= 4 is 11.6 Å². The number of benzene rings is 2. The maximum Gasteiger partial charge on any atom is 0.119 e. The summed E-state index contributed by atoms with van der Waals surface area (Å²) >= 11 is 0. The average Bonchev–Trinajstić information content (AvgIpc) is 2.54. The zero-order chi connectivity index (χ0) is 15.2. The molecular weight excluding hydrogens is 262 g/mol. The molecule has 0 atom stereocenters. The summed E-state index contributed by atoms with van der Waals surface area (Å²) in [6.45, 7) is 2.00. The van der Waals surface area contributed by atoms with Gasteiger partial charge in [-0.3, -0.25) is 0 Å². The lowest BCUT2D eigenvalue weighted by Crippen LogP contribution is -1.88. The number of hydrogen-bond acceptors (Lipinski definition) is 3. The van der Waals surface area contributed by atoms with Crippen LogP contribution in [0.15, 0.2) is 42.5 Å². The lowest BCUT2D eigenvalue weighted by molar-refractivity contribution is 0.414. The minimum absolute atomic E-state index is 0.617. The van der Waals surface area contributed by atoms with Gasteiger partial charge in [-0.1, -0.05) is 6.07 Å². The van der Waals surface area contributed by atoms with E-state index < -0.39 is 0 Å². The number of allylic oxidation sites excluding steroid dienone is 1. The zero-order valence-electron chi connectivity index (χ0n) is 12.4. The molecule has 0 bridgehead atoms. The van der Waals surface area contributed by atoms with E-state index in [-0.39, 0.29) is 0 Å². The van der Waals surface area contributed by atoms with Crippen LogP contribution in [0.3, 0.4) is 0 Å². The van der Waals surface area contributed by atoms with Gasteiger partial charge in [0.15, 0.2) is 0 Å². The van der Waals surface area contributed by atoms with Gasteiger partial charge in [-0.25, -0.2) is 0 Å². The molecule has 2 rings (SSSR count).